The molecule has 152 valence electrons. The lowest BCUT2D eigenvalue weighted by Gasteiger charge is -2.16. The summed E-state index contributed by atoms with van der Waals surface area (Å²) in [5.74, 6) is 0.263. The number of amidine groups is 1. The number of amides is 2. The summed E-state index contributed by atoms with van der Waals surface area (Å²) in [6.45, 7) is 4.96. The molecule has 0 saturated carbocycles. The molecule has 3 rings (SSSR count). The van der Waals surface area contributed by atoms with Gasteiger partial charge in [0.1, 0.15) is 11.0 Å². The topological polar surface area (TPSA) is 71.0 Å². The minimum Gasteiger partial charge on any atom is -0.494 e. The van der Waals surface area contributed by atoms with E-state index in [-0.39, 0.29) is 18.2 Å². The highest BCUT2D eigenvalue weighted by atomic mass is 79.9. The summed E-state index contributed by atoms with van der Waals surface area (Å²) in [6.07, 6.45) is 0.140. The standard InChI is InChI=1S/C21H22BrN3O3S/c1-3-23-21(24-15-7-5-14(22)6-8-15)29-18-13-19(26)25(20(18)27)16-9-11-17(12-10-16)28-4-2/h5-12,18H,3-4,13H2,1-2H3,(H,23,24)/t18-/m0/s1. The minimum absolute atomic E-state index is 0.140. The summed E-state index contributed by atoms with van der Waals surface area (Å²) in [6, 6.07) is 14.7. The molecule has 0 radical (unpaired) electrons. The molecule has 0 aromatic heterocycles. The molecule has 2 aromatic rings. The van der Waals surface area contributed by atoms with Crippen molar-refractivity contribution in [3.63, 3.8) is 0 Å². The molecule has 0 aliphatic carbocycles. The van der Waals surface area contributed by atoms with Gasteiger partial charge in [0, 0.05) is 23.1 Å². The molecule has 0 bridgehead atoms. The molecule has 2 amide bonds. The molecule has 1 aliphatic heterocycles. The predicted molar refractivity (Wildman–Crippen MR) is 122 cm³/mol. The van der Waals surface area contributed by atoms with Crippen molar-refractivity contribution in [2.24, 2.45) is 4.99 Å². The van der Waals surface area contributed by atoms with Crippen molar-refractivity contribution in [1.29, 1.82) is 0 Å². The van der Waals surface area contributed by atoms with Crippen LogP contribution in [0.25, 0.3) is 0 Å². The number of carbonyl (C=O) groups is 2. The lowest BCUT2D eigenvalue weighted by Crippen LogP contribution is -2.31. The summed E-state index contributed by atoms with van der Waals surface area (Å²) < 4.78 is 6.40. The molecule has 1 saturated heterocycles. The summed E-state index contributed by atoms with van der Waals surface area (Å²) in [4.78, 5) is 31.2. The summed E-state index contributed by atoms with van der Waals surface area (Å²) >= 11 is 4.70. The number of rotatable bonds is 6. The first kappa shape index (κ1) is 21.4. The van der Waals surface area contributed by atoms with Crippen LogP contribution < -0.4 is 15.0 Å². The molecule has 0 unspecified atom stereocenters. The van der Waals surface area contributed by atoms with Crippen molar-refractivity contribution in [1.82, 2.24) is 0 Å². The van der Waals surface area contributed by atoms with Crippen molar-refractivity contribution in [3.8, 4) is 5.75 Å². The van der Waals surface area contributed by atoms with Gasteiger partial charge in [-0.05, 0) is 62.4 Å². The number of thioether (sulfide) groups is 1. The number of hydrogen-bond donors (Lipinski definition) is 1. The summed E-state index contributed by atoms with van der Waals surface area (Å²) in [5, 5.41) is 3.35. The number of nitrogens with zero attached hydrogens (tertiary/aromatic N) is 2. The first-order valence-electron chi connectivity index (χ1n) is 9.35. The van der Waals surface area contributed by atoms with E-state index in [1.54, 1.807) is 24.3 Å². The number of hydrogen-bond acceptors (Lipinski definition) is 5. The Morgan fingerprint density at radius 2 is 1.86 bits per heavy atom. The Labute approximate surface area is 182 Å². The number of halogens is 1. The Balaban J connectivity index is 1.71. The molecule has 8 heteroatoms. The first-order valence-corrected chi connectivity index (χ1v) is 11.0. The van der Waals surface area contributed by atoms with E-state index >= 15 is 0 Å². The van der Waals surface area contributed by atoms with Crippen LogP contribution in [0.15, 0.2) is 58.0 Å². The Kier molecular flexibility index (Phi) is 7.33. The normalized spacial score (nSPS) is 17.0. The highest BCUT2D eigenvalue weighted by Gasteiger charge is 2.40. The average molecular weight is 476 g/mol. The number of carbonyl (C=O) groups excluding carboxylic acids is 2. The number of anilines is 2. The van der Waals surface area contributed by atoms with Gasteiger partial charge in [-0.25, -0.2) is 4.90 Å². The maximum absolute atomic E-state index is 12.9. The van der Waals surface area contributed by atoms with E-state index in [0.717, 1.165) is 10.2 Å². The van der Waals surface area contributed by atoms with E-state index in [0.29, 0.717) is 29.8 Å². The number of imide groups is 1. The van der Waals surface area contributed by atoms with Crippen LogP contribution in [0.1, 0.15) is 20.3 Å². The fourth-order valence-corrected chi connectivity index (χ4v) is 4.21. The van der Waals surface area contributed by atoms with Crippen molar-refractivity contribution in [3.05, 3.63) is 53.0 Å². The lowest BCUT2D eigenvalue weighted by molar-refractivity contribution is -0.121. The van der Waals surface area contributed by atoms with Crippen LogP contribution in [0.2, 0.25) is 0 Å². The van der Waals surface area contributed by atoms with Gasteiger partial charge in [-0.1, -0.05) is 27.7 Å². The van der Waals surface area contributed by atoms with Crippen molar-refractivity contribution in [2.75, 3.05) is 23.4 Å². The molecule has 1 atom stereocenters. The minimum atomic E-state index is -0.512. The molecular formula is C21H22BrN3O3S. The van der Waals surface area contributed by atoms with Gasteiger partial charge in [0.2, 0.25) is 11.8 Å². The zero-order valence-electron chi connectivity index (χ0n) is 16.2. The third-order valence-corrected chi connectivity index (χ3v) is 5.80. The van der Waals surface area contributed by atoms with E-state index in [9.17, 15) is 9.59 Å². The van der Waals surface area contributed by atoms with Gasteiger partial charge in [0.05, 0.1) is 12.3 Å². The largest absolute Gasteiger partial charge is 0.494 e. The van der Waals surface area contributed by atoms with Gasteiger partial charge in [-0.3, -0.25) is 14.6 Å². The lowest BCUT2D eigenvalue weighted by atomic mass is 10.3. The van der Waals surface area contributed by atoms with E-state index < -0.39 is 5.25 Å². The zero-order chi connectivity index (χ0) is 20.8. The van der Waals surface area contributed by atoms with Gasteiger partial charge in [0.15, 0.2) is 5.17 Å². The molecule has 6 nitrogen and oxygen atoms in total. The average Bonchev–Trinajstić information content (AvgIpc) is 2.98. The van der Waals surface area contributed by atoms with Gasteiger partial charge in [-0.15, -0.1) is 0 Å². The van der Waals surface area contributed by atoms with E-state index in [2.05, 4.69) is 26.2 Å². The van der Waals surface area contributed by atoms with E-state index in [1.807, 2.05) is 38.1 Å². The summed E-state index contributed by atoms with van der Waals surface area (Å²) in [7, 11) is 0. The smallest absolute Gasteiger partial charge is 0.247 e. The van der Waals surface area contributed by atoms with E-state index in [4.69, 9.17) is 4.74 Å². The molecule has 29 heavy (non-hydrogen) atoms. The quantitative estimate of drug-likeness (QED) is 0.372. The molecule has 1 N–H and O–H groups in total. The van der Waals surface area contributed by atoms with Gasteiger partial charge >= 0.3 is 0 Å². The number of ether oxygens (including phenoxy) is 1. The molecule has 1 heterocycles. The predicted octanol–water partition coefficient (Wildman–Crippen LogP) is 4.70. The molecule has 2 aromatic carbocycles. The first-order chi connectivity index (χ1) is 14.0. The van der Waals surface area contributed by atoms with Gasteiger partial charge in [0.25, 0.3) is 0 Å². The maximum atomic E-state index is 12.9. The van der Waals surface area contributed by atoms with Crippen molar-refractivity contribution >= 4 is 56.0 Å². The van der Waals surface area contributed by atoms with Crippen LogP contribution in [0.3, 0.4) is 0 Å². The van der Waals surface area contributed by atoms with Crippen LogP contribution in [0.5, 0.6) is 5.75 Å². The van der Waals surface area contributed by atoms with Gasteiger partial charge in [-0.2, -0.15) is 0 Å². The second-order valence-electron chi connectivity index (χ2n) is 6.22. The molecule has 1 aliphatic rings. The SMILES string of the molecule is CCN=C(Nc1ccc(Br)cc1)S[C@H]1CC(=O)N(c2ccc(OCC)cc2)C1=O. The van der Waals surface area contributed by atoms with Gasteiger partial charge < -0.3 is 10.1 Å². The van der Waals surface area contributed by atoms with Crippen LogP contribution >= 0.6 is 27.7 Å². The molecule has 1 fully saturated rings. The van der Waals surface area contributed by atoms with Crippen molar-refractivity contribution < 1.29 is 14.3 Å². The second kappa shape index (κ2) is 9.93. The Morgan fingerprint density at radius 1 is 1.17 bits per heavy atom. The van der Waals surface area contributed by atoms with Crippen LogP contribution in [-0.4, -0.2) is 35.4 Å². The van der Waals surface area contributed by atoms with E-state index in [1.165, 1.54) is 16.7 Å². The highest BCUT2D eigenvalue weighted by Crippen LogP contribution is 2.31. The van der Waals surface area contributed by atoms with Crippen molar-refractivity contribution in [2.45, 2.75) is 25.5 Å². The van der Waals surface area contributed by atoms with Crippen LogP contribution in [0, 0.1) is 0 Å². The fourth-order valence-electron chi connectivity index (χ4n) is 2.87. The monoisotopic (exact) mass is 475 g/mol. The Bertz CT molecular complexity index is 900. The third kappa shape index (κ3) is 5.39. The zero-order valence-corrected chi connectivity index (χ0v) is 18.6. The number of aliphatic imine (C=N–C) groups is 1. The second-order valence-corrected chi connectivity index (χ2v) is 8.32. The molecule has 0 spiro atoms. The fraction of sp³-hybridized carbons (Fsp3) is 0.286. The Hall–Kier alpha value is -2.32. The van der Waals surface area contributed by atoms with Crippen LogP contribution in [0.4, 0.5) is 11.4 Å². The Morgan fingerprint density at radius 3 is 2.48 bits per heavy atom. The number of nitrogens with one attached hydrogen (secondary N) is 1. The summed E-state index contributed by atoms with van der Waals surface area (Å²) in [5.41, 5.74) is 1.43. The molecular weight excluding hydrogens is 454 g/mol. The van der Waals surface area contributed by atoms with Crippen LogP contribution in [-0.2, 0) is 9.59 Å². The highest BCUT2D eigenvalue weighted by molar-refractivity contribution is 9.10. The maximum Gasteiger partial charge on any atom is 0.247 e. The third-order valence-electron chi connectivity index (χ3n) is 4.16. The number of benzene rings is 2.